The molecule has 0 aliphatic carbocycles. The van der Waals surface area contributed by atoms with Crippen molar-refractivity contribution >= 4 is 23.4 Å². The van der Waals surface area contributed by atoms with E-state index in [1.165, 1.54) is 11.8 Å². The largest absolute Gasteiger partial charge is 0.497 e. The number of hydrogen-bond donors (Lipinski definition) is 1. The molecule has 2 aromatic carbocycles. The highest BCUT2D eigenvalue weighted by Gasteiger charge is 2.11. The Morgan fingerprint density at radius 3 is 2.73 bits per heavy atom. The summed E-state index contributed by atoms with van der Waals surface area (Å²) >= 11 is 1.51. The summed E-state index contributed by atoms with van der Waals surface area (Å²) in [7, 11) is 3.53. The summed E-state index contributed by atoms with van der Waals surface area (Å²) in [5.74, 6) is 2.10. The Balaban J connectivity index is 1.53. The van der Waals surface area contributed by atoms with Gasteiger partial charge in [0.15, 0.2) is 11.0 Å². The third-order valence-corrected chi connectivity index (χ3v) is 4.80. The Kier molecular flexibility index (Phi) is 5.91. The molecule has 3 aromatic rings. The number of carbonyl (C=O) groups excluding carboxylic acids is 1. The maximum atomic E-state index is 12.1. The van der Waals surface area contributed by atoms with Crippen molar-refractivity contribution in [2.75, 3.05) is 18.2 Å². The third-order valence-electron chi connectivity index (χ3n) is 3.78. The molecule has 1 heterocycles. The highest BCUT2D eigenvalue weighted by Crippen LogP contribution is 2.23. The van der Waals surface area contributed by atoms with Gasteiger partial charge >= 0.3 is 0 Å². The van der Waals surface area contributed by atoms with Gasteiger partial charge < -0.3 is 14.6 Å². The fraction of sp³-hybridized carbons (Fsp3) is 0.211. The Hall–Kier alpha value is -2.80. The highest BCUT2D eigenvalue weighted by atomic mass is 32.2. The van der Waals surface area contributed by atoms with E-state index in [0.717, 1.165) is 22.2 Å². The van der Waals surface area contributed by atoms with Crippen LogP contribution in [0.4, 0.5) is 5.69 Å². The molecule has 0 aliphatic heterocycles. The second kappa shape index (κ2) is 8.53. The molecule has 134 valence electrons. The van der Waals surface area contributed by atoms with Crippen LogP contribution in [0.5, 0.6) is 5.75 Å². The number of amides is 1. The standard InChI is InChI=1S/C19H20N4O2S/c1-23-18(14-7-4-3-5-8-14)21-22-19(23)26-12-11-17(24)20-15-9-6-10-16(13-15)25-2/h3-10,13H,11-12H2,1-2H3,(H,20,24). The van der Waals surface area contributed by atoms with Crippen LogP contribution < -0.4 is 10.1 Å². The van der Waals surface area contributed by atoms with E-state index >= 15 is 0 Å². The van der Waals surface area contributed by atoms with Crippen LogP contribution in [0.2, 0.25) is 0 Å². The van der Waals surface area contributed by atoms with Crippen LogP contribution in [0.15, 0.2) is 59.8 Å². The number of ether oxygens (including phenoxy) is 1. The molecule has 0 fully saturated rings. The predicted octanol–water partition coefficient (Wildman–Crippen LogP) is 3.61. The van der Waals surface area contributed by atoms with Gasteiger partial charge in [-0.15, -0.1) is 10.2 Å². The number of aromatic nitrogens is 3. The number of benzene rings is 2. The van der Waals surface area contributed by atoms with Gasteiger partial charge in [0.05, 0.1) is 7.11 Å². The first-order valence-electron chi connectivity index (χ1n) is 8.19. The van der Waals surface area contributed by atoms with Gasteiger partial charge in [-0.3, -0.25) is 4.79 Å². The molecule has 3 rings (SSSR count). The maximum absolute atomic E-state index is 12.1. The van der Waals surface area contributed by atoms with Crippen molar-refractivity contribution in [2.24, 2.45) is 7.05 Å². The normalized spacial score (nSPS) is 10.5. The van der Waals surface area contributed by atoms with Crippen LogP contribution in [-0.4, -0.2) is 33.5 Å². The van der Waals surface area contributed by atoms with Gasteiger partial charge in [-0.25, -0.2) is 0 Å². The third kappa shape index (κ3) is 4.43. The second-order valence-electron chi connectivity index (χ2n) is 5.61. The average Bonchev–Trinajstić information content (AvgIpc) is 3.03. The number of hydrogen-bond acceptors (Lipinski definition) is 5. The SMILES string of the molecule is COc1cccc(NC(=O)CCSc2nnc(-c3ccccc3)n2C)c1. The number of methoxy groups -OCH3 is 1. The molecular weight excluding hydrogens is 348 g/mol. The first-order chi connectivity index (χ1) is 12.7. The molecule has 0 spiro atoms. The summed E-state index contributed by atoms with van der Waals surface area (Å²) in [5.41, 5.74) is 1.74. The van der Waals surface area contributed by atoms with Crippen molar-refractivity contribution in [3.05, 3.63) is 54.6 Å². The minimum atomic E-state index is -0.0452. The van der Waals surface area contributed by atoms with E-state index in [-0.39, 0.29) is 5.91 Å². The van der Waals surface area contributed by atoms with Crippen LogP contribution in [0.25, 0.3) is 11.4 Å². The minimum absolute atomic E-state index is 0.0452. The summed E-state index contributed by atoms with van der Waals surface area (Å²) in [6.07, 6.45) is 0.384. The van der Waals surface area contributed by atoms with Gasteiger partial charge in [0.25, 0.3) is 0 Å². The van der Waals surface area contributed by atoms with Gasteiger partial charge in [-0.2, -0.15) is 0 Å². The fourth-order valence-corrected chi connectivity index (χ4v) is 3.29. The van der Waals surface area contributed by atoms with Gasteiger partial charge in [0, 0.05) is 36.5 Å². The molecule has 7 heteroatoms. The Morgan fingerprint density at radius 2 is 1.96 bits per heavy atom. The minimum Gasteiger partial charge on any atom is -0.497 e. The molecule has 0 bridgehead atoms. The molecule has 0 atom stereocenters. The zero-order valence-electron chi connectivity index (χ0n) is 14.7. The van der Waals surface area contributed by atoms with E-state index in [1.807, 2.05) is 60.1 Å². The lowest BCUT2D eigenvalue weighted by atomic mass is 10.2. The number of thioether (sulfide) groups is 1. The molecule has 0 unspecified atom stereocenters. The molecule has 0 saturated carbocycles. The van der Waals surface area contributed by atoms with Crippen molar-refractivity contribution in [3.8, 4) is 17.1 Å². The number of nitrogens with one attached hydrogen (secondary N) is 1. The Morgan fingerprint density at radius 1 is 1.15 bits per heavy atom. The van der Waals surface area contributed by atoms with Gasteiger partial charge in [-0.05, 0) is 12.1 Å². The first kappa shape index (κ1) is 18.0. The number of rotatable bonds is 7. The van der Waals surface area contributed by atoms with Crippen molar-refractivity contribution in [1.29, 1.82) is 0 Å². The second-order valence-corrected chi connectivity index (χ2v) is 6.67. The lowest BCUT2D eigenvalue weighted by Gasteiger charge is -2.07. The van der Waals surface area contributed by atoms with Gasteiger partial charge in [-0.1, -0.05) is 48.2 Å². The topological polar surface area (TPSA) is 69.0 Å². The number of nitrogens with zero attached hydrogens (tertiary/aromatic N) is 3. The van der Waals surface area contributed by atoms with Crippen LogP contribution in [-0.2, 0) is 11.8 Å². The van der Waals surface area contributed by atoms with Crippen molar-refractivity contribution in [3.63, 3.8) is 0 Å². The monoisotopic (exact) mass is 368 g/mol. The Labute approximate surface area is 156 Å². The van der Waals surface area contributed by atoms with Crippen LogP contribution >= 0.6 is 11.8 Å². The molecule has 26 heavy (non-hydrogen) atoms. The quantitative estimate of drug-likeness (QED) is 0.645. The van der Waals surface area contributed by atoms with Crippen LogP contribution in [0.3, 0.4) is 0 Å². The van der Waals surface area contributed by atoms with Crippen molar-refractivity contribution < 1.29 is 9.53 Å². The molecular formula is C19H20N4O2S. The van der Waals surface area contributed by atoms with E-state index in [0.29, 0.717) is 17.9 Å². The number of anilines is 1. The number of carbonyl (C=O) groups is 1. The molecule has 1 N–H and O–H groups in total. The summed E-state index contributed by atoms with van der Waals surface area (Å²) in [5, 5.41) is 12.1. The van der Waals surface area contributed by atoms with Crippen molar-refractivity contribution in [2.45, 2.75) is 11.6 Å². The zero-order chi connectivity index (χ0) is 18.4. The lowest BCUT2D eigenvalue weighted by molar-refractivity contribution is -0.115. The van der Waals surface area contributed by atoms with E-state index in [1.54, 1.807) is 13.2 Å². The van der Waals surface area contributed by atoms with E-state index in [9.17, 15) is 4.79 Å². The van der Waals surface area contributed by atoms with E-state index in [4.69, 9.17) is 4.74 Å². The smallest absolute Gasteiger partial charge is 0.225 e. The van der Waals surface area contributed by atoms with Crippen LogP contribution in [0.1, 0.15) is 6.42 Å². The molecule has 6 nitrogen and oxygen atoms in total. The molecule has 0 radical (unpaired) electrons. The average molecular weight is 368 g/mol. The Bertz CT molecular complexity index is 880. The zero-order valence-corrected chi connectivity index (χ0v) is 15.5. The van der Waals surface area contributed by atoms with Crippen LogP contribution in [0, 0.1) is 0 Å². The summed E-state index contributed by atoms with van der Waals surface area (Å²) < 4.78 is 7.10. The summed E-state index contributed by atoms with van der Waals surface area (Å²) in [6, 6.07) is 17.2. The van der Waals surface area contributed by atoms with Crippen molar-refractivity contribution in [1.82, 2.24) is 14.8 Å². The maximum Gasteiger partial charge on any atom is 0.225 e. The first-order valence-corrected chi connectivity index (χ1v) is 9.17. The highest BCUT2D eigenvalue weighted by molar-refractivity contribution is 7.99. The van der Waals surface area contributed by atoms with Gasteiger partial charge in [0.1, 0.15) is 5.75 Å². The molecule has 1 aromatic heterocycles. The summed E-state index contributed by atoms with van der Waals surface area (Å²) in [4.78, 5) is 12.1. The molecule has 0 saturated heterocycles. The molecule has 0 aliphatic rings. The van der Waals surface area contributed by atoms with E-state index in [2.05, 4.69) is 15.5 Å². The van der Waals surface area contributed by atoms with E-state index < -0.39 is 0 Å². The fourth-order valence-electron chi connectivity index (χ4n) is 2.44. The van der Waals surface area contributed by atoms with Gasteiger partial charge in [0.2, 0.25) is 5.91 Å². The molecule has 1 amide bonds. The predicted molar refractivity (Wildman–Crippen MR) is 103 cm³/mol. The lowest BCUT2D eigenvalue weighted by Crippen LogP contribution is -2.12. The summed E-state index contributed by atoms with van der Waals surface area (Å²) in [6.45, 7) is 0.